The van der Waals surface area contributed by atoms with Crippen molar-refractivity contribution in [3.63, 3.8) is 0 Å². The third kappa shape index (κ3) is 1.98. The van der Waals surface area contributed by atoms with Crippen molar-refractivity contribution in [3.8, 4) is 0 Å². The normalized spacial score (nSPS) is 55.3. The summed E-state index contributed by atoms with van der Waals surface area (Å²) in [5.41, 5.74) is 0.636. The maximum absolute atomic E-state index is 5.98. The summed E-state index contributed by atoms with van der Waals surface area (Å²) in [6.07, 6.45) is 13.3. The second kappa shape index (κ2) is 4.21. The van der Waals surface area contributed by atoms with Crippen LogP contribution in [0.4, 0.5) is 0 Å². The predicted molar refractivity (Wildman–Crippen MR) is 75.1 cm³/mol. The highest BCUT2D eigenvalue weighted by Crippen LogP contribution is 2.56. The highest BCUT2D eigenvalue weighted by molar-refractivity contribution is 5.08. The van der Waals surface area contributed by atoms with Crippen molar-refractivity contribution in [3.05, 3.63) is 0 Å². The number of epoxide rings is 2. The van der Waals surface area contributed by atoms with Gasteiger partial charge in [-0.05, 0) is 69.6 Å². The molecule has 2 aliphatic heterocycles. The molecule has 0 aromatic rings. The van der Waals surface area contributed by atoms with Crippen molar-refractivity contribution < 1.29 is 9.47 Å². The summed E-state index contributed by atoms with van der Waals surface area (Å²) in [5, 5.41) is 0. The molecule has 4 rings (SSSR count). The summed E-state index contributed by atoms with van der Waals surface area (Å²) < 4.78 is 12.0. The second-order valence-corrected chi connectivity index (χ2v) is 7.58. The van der Waals surface area contributed by atoms with E-state index in [2.05, 4.69) is 13.8 Å². The van der Waals surface area contributed by atoms with E-state index < -0.39 is 0 Å². The molecule has 4 fully saturated rings. The molecular formula is C17H28O2. The Kier molecular flexibility index (Phi) is 2.80. The van der Waals surface area contributed by atoms with E-state index in [0.717, 1.165) is 11.8 Å². The van der Waals surface area contributed by atoms with Gasteiger partial charge in [0.05, 0.1) is 23.4 Å². The average molecular weight is 264 g/mol. The Hall–Kier alpha value is -0.0800. The smallest absolute Gasteiger partial charge is 0.0948 e. The van der Waals surface area contributed by atoms with E-state index in [-0.39, 0.29) is 0 Å². The zero-order chi connectivity index (χ0) is 13.1. The Morgan fingerprint density at radius 1 is 0.789 bits per heavy atom. The number of ether oxygens (including phenoxy) is 2. The van der Waals surface area contributed by atoms with Gasteiger partial charge >= 0.3 is 0 Å². The fourth-order valence-electron chi connectivity index (χ4n) is 5.24. The molecule has 0 radical (unpaired) electrons. The lowest BCUT2D eigenvalue weighted by Gasteiger charge is -2.31. The van der Waals surface area contributed by atoms with Gasteiger partial charge in [-0.25, -0.2) is 0 Å². The SMILES string of the molecule is CCC12CC(CC3CCC4OC4(CC)C3)CCC1O2. The third-order valence-electron chi connectivity index (χ3n) is 6.62. The Labute approximate surface area is 117 Å². The Morgan fingerprint density at radius 2 is 1.26 bits per heavy atom. The topological polar surface area (TPSA) is 25.1 Å². The highest BCUT2D eigenvalue weighted by Gasteiger charge is 2.60. The molecule has 2 heteroatoms. The Bertz CT molecular complexity index is 334. The average Bonchev–Trinajstić information content (AvgIpc) is 3.31. The van der Waals surface area contributed by atoms with Crippen molar-refractivity contribution in [2.45, 2.75) is 95.0 Å². The third-order valence-corrected chi connectivity index (χ3v) is 6.62. The molecule has 0 aromatic heterocycles. The van der Waals surface area contributed by atoms with Gasteiger partial charge in [0, 0.05) is 0 Å². The zero-order valence-electron chi connectivity index (χ0n) is 12.5. The molecule has 0 amide bonds. The van der Waals surface area contributed by atoms with E-state index in [1.165, 1.54) is 57.8 Å². The first-order valence-corrected chi connectivity index (χ1v) is 8.55. The first-order chi connectivity index (χ1) is 9.20. The second-order valence-electron chi connectivity index (χ2n) is 7.58. The van der Waals surface area contributed by atoms with Gasteiger partial charge in [-0.2, -0.15) is 0 Å². The molecule has 4 aliphatic rings. The standard InChI is InChI=1S/C17H28O2/c1-3-16-10-12(5-7-14(16)18-16)9-13-6-8-15-17(4-2,11-13)19-15/h12-15H,3-11H2,1-2H3. The van der Waals surface area contributed by atoms with Crippen LogP contribution in [0.2, 0.25) is 0 Å². The molecule has 0 aromatic carbocycles. The lowest BCUT2D eigenvalue weighted by molar-refractivity contribution is 0.189. The summed E-state index contributed by atoms with van der Waals surface area (Å²) >= 11 is 0. The van der Waals surface area contributed by atoms with Crippen LogP contribution in [-0.2, 0) is 9.47 Å². The van der Waals surface area contributed by atoms with Gasteiger partial charge in [0.1, 0.15) is 0 Å². The largest absolute Gasteiger partial charge is 0.366 e. The van der Waals surface area contributed by atoms with Crippen molar-refractivity contribution in [1.29, 1.82) is 0 Å². The monoisotopic (exact) mass is 264 g/mol. The van der Waals surface area contributed by atoms with E-state index in [1.54, 1.807) is 0 Å². The maximum Gasteiger partial charge on any atom is 0.0948 e. The summed E-state index contributed by atoms with van der Waals surface area (Å²) in [6.45, 7) is 4.61. The van der Waals surface area contributed by atoms with Gasteiger partial charge in [0.15, 0.2) is 0 Å². The van der Waals surface area contributed by atoms with Crippen LogP contribution in [0.15, 0.2) is 0 Å². The van der Waals surface area contributed by atoms with Gasteiger partial charge in [0.25, 0.3) is 0 Å². The molecule has 6 unspecified atom stereocenters. The molecule has 2 heterocycles. The van der Waals surface area contributed by atoms with E-state index in [4.69, 9.17) is 9.47 Å². The predicted octanol–water partition coefficient (Wildman–Crippen LogP) is 4.07. The van der Waals surface area contributed by atoms with Crippen LogP contribution < -0.4 is 0 Å². The minimum atomic E-state index is 0.318. The minimum absolute atomic E-state index is 0.318. The van der Waals surface area contributed by atoms with E-state index >= 15 is 0 Å². The minimum Gasteiger partial charge on any atom is -0.366 e. The highest BCUT2D eigenvalue weighted by atomic mass is 16.6. The van der Waals surface area contributed by atoms with E-state index in [0.29, 0.717) is 23.4 Å². The Morgan fingerprint density at radius 3 is 1.68 bits per heavy atom. The molecule has 6 atom stereocenters. The zero-order valence-corrected chi connectivity index (χ0v) is 12.5. The maximum atomic E-state index is 5.98. The van der Waals surface area contributed by atoms with Gasteiger partial charge in [0.2, 0.25) is 0 Å². The molecular weight excluding hydrogens is 236 g/mol. The van der Waals surface area contributed by atoms with Crippen LogP contribution in [0, 0.1) is 11.8 Å². The molecule has 2 saturated heterocycles. The molecule has 19 heavy (non-hydrogen) atoms. The first-order valence-electron chi connectivity index (χ1n) is 8.55. The number of hydrogen-bond acceptors (Lipinski definition) is 2. The van der Waals surface area contributed by atoms with Gasteiger partial charge < -0.3 is 9.47 Å². The lowest BCUT2D eigenvalue weighted by atomic mass is 9.71. The van der Waals surface area contributed by atoms with Crippen molar-refractivity contribution in [1.82, 2.24) is 0 Å². The molecule has 2 nitrogen and oxygen atoms in total. The van der Waals surface area contributed by atoms with Crippen LogP contribution >= 0.6 is 0 Å². The Balaban J connectivity index is 1.34. The van der Waals surface area contributed by atoms with Crippen LogP contribution in [0.5, 0.6) is 0 Å². The summed E-state index contributed by atoms with van der Waals surface area (Å²) in [6, 6.07) is 0. The molecule has 108 valence electrons. The van der Waals surface area contributed by atoms with Crippen LogP contribution in [0.1, 0.15) is 71.6 Å². The van der Waals surface area contributed by atoms with Gasteiger partial charge in [-0.15, -0.1) is 0 Å². The summed E-state index contributed by atoms with van der Waals surface area (Å²) in [7, 11) is 0. The van der Waals surface area contributed by atoms with Crippen LogP contribution in [0.3, 0.4) is 0 Å². The fraction of sp³-hybridized carbons (Fsp3) is 1.00. The van der Waals surface area contributed by atoms with Crippen molar-refractivity contribution in [2.75, 3.05) is 0 Å². The molecule has 0 bridgehead atoms. The number of fused-ring (bicyclic) bond motifs is 2. The van der Waals surface area contributed by atoms with Crippen LogP contribution in [0.25, 0.3) is 0 Å². The molecule has 0 N–H and O–H groups in total. The van der Waals surface area contributed by atoms with E-state index in [9.17, 15) is 0 Å². The van der Waals surface area contributed by atoms with Gasteiger partial charge in [-0.1, -0.05) is 13.8 Å². The van der Waals surface area contributed by atoms with Gasteiger partial charge in [-0.3, -0.25) is 0 Å². The number of rotatable bonds is 4. The van der Waals surface area contributed by atoms with E-state index in [1.807, 2.05) is 0 Å². The summed E-state index contributed by atoms with van der Waals surface area (Å²) in [4.78, 5) is 0. The first kappa shape index (κ1) is 12.6. The molecule has 2 saturated carbocycles. The van der Waals surface area contributed by atoms with Crippen LogP contribution in [-0.4, -0.2) is 23.4 Å². The quantitative estimate of drug-likeness (QED) is 0.715. The fourth-order valence-corrected chi connectivity index (χ4v) is 5.24. The van der Waals surface area contributed by atoms with Crippen molar-refractivity contribution >= 4 is 0 Å². The molecule has 0 spiro atoms. The molecule has 2 aliphatic carbocycles. The summed E-state index contributed by atoms with van der Waals surface area (Å²) in [5.74, 6) is 1.85. The number of hydrogen-bond donors (Lipinski definition) is 0. The van der Waals surface area contributed by atoms with Crippen molar-refractivity contribution in [2.24, 2.45) is 11.8 Å². The lowest BCUT2D eigenvalue weighted by Crippen LogP contribution is -2.29.